The molecule has 15 heavy (non-hydrogen) atoms. The van der Waals surface area contributed by atoms with Crippen molar-refractivity contribution < 1.29 is 13.3 Å². The van der Waals surface area contributed by atoms with Gasteiger partial charge in [-0.1, -0.05) is 0 Å². The second-order valence-corrected chi connectivity index (χ2v) is 7.29. The second-order valence-electron chi connectivity index (χ2n) is 2.43. The fourth-order valence-electron chi connectivity index (χ4n) is 0.845. The Balaban J connectivity index is 3.58. The van der Waals surface area contributed by atoms with Crippen molar-refractivity contribution in [2.45, 2.75) is 4.90 Å². The quantitative estimate of drug-likeness (QED) is 0.287. The van der Waals surface area contributed by atoms with Crippen molar-refractivity contribution >= 4 is 70.6 Å². The summed E-state index contributed by atoms with van der Waals surface area (Å²) in [6, 6.07) is 2.36. The maximum absolute atomic E-state index is 11.1. The van der Waals surface area contributed by atoms with Gasteiger partial charge in [0.1, 0.15) is 4.90 Å². The lowest BCUT2D eigenvalue weighted by Gasteiger charge is -2.01. The van der Waals surface area contributed by atoms with Crippen molar-refractivity contribution in [3.63, 3.8) is 0 Å². The molecule has 1 aromatic carbocycles. The van der Waals surface area contributed by atoms with Crippen LogP contribution in [0.15, 0.2) is 17.0 Å². The zero-order chi connectivity index (χ0) is 11.8. The van der Waals surface area contributed by atoms with Crippen LogP contribution in [0.25, 0.3) is 0 Å². The fourth-order valence-corrected chi connectivity index (χ4v) is 4.76. The molecule has 0 N–H and O–H groups in total. The van der Waals surface area contributed by atoms with E-state index in [2.05, 4.69) is 0 Å². The summed E-state index contributed by atoms with van der Waals surface area (Å²) in [5, 5.41) is 10.6. The van der Waals surface area contributed by atoms with Crippen molar-refractivity contribution in [3.05, 3.63) is 29.4 Å². The summed E-state index contributed by atoms with van der Waals surface area (Å²) in [4.78, 5) is 9.68. The standard InChI is InChI=1S/C6H2ClI2NO4S/c7-15(13,14)6-2-5(10(11)12)3(8)1-4(6)9/h1-2H. The highest BCUT2D eigenvalue weighted by Crippen LogP contribution is 2.30. The van der Waals surface area contributed by atoms with Crippen molar-refractivity contribution in [2.24, 2.45) is 0 Å². The van der Waals surface area contributed by atoms with Gasteiger partial charge in [0.2, 0.25) is 0 Å². The molecule has 0 fully saturated rings. The van der Waals surface area contributed by atoms with E-state index in [-0.39, 0.29) is 10.6 Å². The first-order valence-corrected chi connectivity index (χ1v) is 7.78. The number of benzene rings is 1. The summed E-state index contributed by atoms with van der Waals surface area (Å²) < 4.78 is 22.9. The normalized spacial score (nSPS) is 11.4. The highest BCUT2D eigenvalue weighted by molar-refractivity contribution is 14.1. The summed E-state index contributed by atoms with van der Waals surface area (Å²) in [7, 11) is 1.19. The Kier molecular flexibility index (Phi) is 4.17. The molecule has 0 radical (unpaired) electrons. The van der Waals surface area contributed by atoms with Gasteiger partial charge in [0.15, 0.2) is 0 Å². The molecule has 0 saturated carbocycles. The van der Waals surface area contributed by atoms with Gasteiger partial charge in [-0.05, 0) is 51.2 Å². The molecule has 0 bridgehead atoms. The molecular weight excluding hydrogens is 471 g/mol. The van der Waals surface area contributed by atoms with E-state index in [1.165, 1.54) is 6.07 Å². The van der Waals surface area contributed by atoms with Gasteiger partial charge in [0.05, 0.1) is 8.49 Å². The summed E-state index contributed by atoms with van der Waals surface area (Å²) >= 11 is 3.52. The van der Waals surface area contributed by atoms with Gasteiger partial charge in [-0.3, -0.25) is 10.1 Å². The Morgan fingerprint density at radius 2 is 1.80 bits per heavy atom. The van der Waals surface area contributed by atoms with E-state index in [0.717, 1.165) is 6.07 Å². The number of hydrogen-bond acceptors (Lipinski definition) is 4. The molecule has 9 heteroatoms. The smallest absolute Gasteiger partial charge is 0.258 e. The minimum absolute atomic E-state index is 0.239. The van der Waals surface area contributed by atoms with E-state index in [4.69, 9.17) is 10.7 Å². The average Bonchev–Trinajstić information content (AvgIpc) is 2.00. The highest BCUT2D eigenvalue weighted by atomic mass is 127. The van der Waals surface area contributed by atoms with Crippen molar-refractivity contribution in [1.29, 1.82) is 0 Å². The van der Waals surface area contributed by atoms with Gasteiger partial charge in [-0.15, -0.1) is 0 Å². The van der Waals surface area contributed by atoms with Gasteiger partial charge in [-0.25, -0.2) is 8.42 Å². The second kappa shape index (κ2) is 4.67. The molecule has 0 saturated heterocycles. The average molecular weight is 473 g/mol. The predicted octanol–water partition coefficient (Wildman–Crippen LogP) is 2.73. The van der Waals surface area contributed by atoms with Gasteiger partial charge in [0.25, 0.3) is 14.7 Å². The van der Waals surface area contributed by atoms with E-state index in [1.54, 1.807) is 45.2 Å². The van der Waals surface area contributed by atoms with Crippen LogP contribution in [0.4, 0.5) is 5.69 Å². The monoisotopic (exact) mass is 473 g/mol. The van der Waals surface area contributed by atoms with Crippen LogP contribution in [0, 0.1) is 17.3 Å². The van der Waals surface area contributed by atoms with Crippen molar-refractivity contribution in [3.8, 4) is 0 Å². The SMILES string of the molecule is O=[N+]([O-])c1cc(S(=O)(=O)Cl)c(I)cc1I. The predicted molar refractivity (Wildman–Crippen MR) is 71.6 cm³/mol. The van der Waals surface area contributed by atoms with E-state index in [9.17, 15) is 18.5 Å². The molecule has 1 aromatic rings. The zero-order valence-electron chi connectivity index (χ0n) is 6.78. The van der Waals surface area contributed by atoms with Crippen LogP contribution >= 0.6 is 55.9 Å². The maximum Gasteiger partial charge on any atom is 0.284 e. The Morgan fingerprint density at radius 3 is 2.20 bits per heavy atom. The lowest BCUT2D eigenvalue weighted by atomic mass is 10.3. The van der Waals surface area contributed by atoms with Crippen LogP contribution in [0.5, 0.6) is 0 Å². The number of halogens is 3. The molecule has 5 nitrogen and oxygen atoms in total. The molecule has 1 rings (SSSR count). The third-order valence-corrected chi connectivity index (χ3v) is 4.95. The van der Waals surface area contributed by atoms with E-state index in [1.807, 2.05) is 0 Å². The van der Waals surface area contributed by atoms with Gasteiger partial charge >= 0.3 is 0 Å². The summed E-state index contributed by atoms with van der Waals surface area (Å²) in [5.74, 6) is 0. The van der Waals surface area contributed by atoms with Crippen LogP contribution in [0.1, 0.15) is 0 Å². The number of nitro groups is 1. The molecule has 0 spiro atoms. The summed E-state index contributed by atoms with van der Waals surface area (Å²) in [6.07, 6.45) is 0. The van der Waals surface area contributed by atoms with E-state index < -0.39 is 14.0 Å². The lowest BCUT2D eigenvalue weighted by molar-refractivity contribution is -0.386. The van der Waals surface area contributed by atoms with Crippen LogP contribution in [0.2, 0.25) is 0 Å². The molecule has 0 aliphatic carbocycles. The van der Waals surface area contributed by atoms with Crippen LogP contribution in [0.3, 0.4) is 0 Å². The number of nitro benzene ring substituents is 1. The fraction of sp³-hybridized carbons (Fsp3) is 0. The number of hydrogen-bond donors (Lipinski definition) is 0. The Labute approximate surface area is 117 Å². The Morgan fingerprint density at radius 1 is 1.27 bits per heavy atom. The third kappa shape index (κ3) is 3.14. The summed E-state index contributed by atoms with van der Waals surface area (Å²) in [6.45, 7) is 0. The Hall–Kier alpha value is 0.320. The van der Waals surface area contributed by atoms with Crippen LogP contribution in [-0.2, 0) is 9.05 Å². The minimum atomic E-state index is -3.95. The molecule has 0 aromatic heterocycles. The lowest BCUT2D eigenvalue weighted by Crippen LogP contribution is -1.99. The molecule has 0 unspecified atom stereocenters. The van der Waals surface area contributed by atoms with Crippen molar-refractivity contribution in [1.82, 2.24) is 0 Å². The minimum Gasteiger partial charge on any atom is -0.258 e. The molecule has 0 heterocycles. The first kappa shape index (κ1) is 13.4. The largest absolute Gasteiger partial charge is 0.284 e. The van der Waals surface area contributed by atoms with Crippen LogP contribution < -0.4 is 0 Å². The molecule has 0 aliphatic heterocycles. The first-order valence-electron chi connectivity index (χ1n) is 3.31. The molecular formula is C6H2ClI2NO4S. The third-order valence-electron chi connectivity index (χ3n) is 1.46. The maximum atomic E-state index is 11.1. The van der Waals surface area contributed by atoms with Crippen LogP contribution in [-0.4, -0.2) is 13.3 Å². The molecule has 82 valence electrons. The van der Waals surface area contributed by atoms with Gasteiger partial charge in [-0.2, -0.15) is 0 Å². The Bertz CT molecular complexity index is 530. The van der Waals surface area contributed by atoms with E-state index in [0.29, 0.717) is 7.14 Å². The van der Waals surface area contributed by atoms with Crippen molar-refractivity contribution in [2.75, 3.05) is 0 Å². The number of nitrogens with zero attached hydrogens (tertiary/aromatic N) is 1. The number of rotatable bonds is 2. The van der Waals surface area contributed by atoms with E-state index >= 15 is 0 Å². The van der Waals surface area contributed by atoms with Gasteiger partial charge < -0.3 is 0 Å². The molecule has 0 atom stereocenters. The first-order chi connectivity index (χ1) is 6.73. The topological polar surface area (TPSA) is 77.3 Å². The zero-order valence-corrected chi connectivity index (χ0v) is 12.7. The molecule has 0 aliphatic rings. The molecule has 0 amide bonds. The summed E-state index contributed by atoms with van der Waals surface area (Å²) in [5.41, 5.74) is -0.268. The van der Waals surface area contributed by atoms with Gasteiger partial charge in [0, 0.05) is 20.3 Å². The highest BCUT2D eigenvalue weighted by Gasteiger charge is 2.22.